The molecule has 1 fully saturated rings. The maximum atomic E-state index is 15.0. The second-order valence-electron chi connectivity index (χ2n) is 11.5. The van der Waals surface area contributed by atoms with E-state index in [0.29, 0.717) is 39.6 Å². The van der Waals surface area contributed by atoms with Gasteiger partial charge in [-0.25, -0.2) is 0 Å². The van der Waals surface area contributed by atoms with Gasteiger partial charge in [0.05, 0.1) is 12.0 Å². The van der Waals surface area contributed by atoms with Gasteiger partial charge in [-0.05, 0) is 65.7 Å². The van der Waals surface area contributed by atoms with Crippen molar-refractivity contribution in [2.24, 2.45) is 5.92 Å². The standard InChI is InChI=1S/C36H26N2O7/c1-20(39)45-24-14-10-22(11-15-24)34(41)32-31(33(40)23-12-16-28-29(18-23)44-19-43-28)36(25-7-3-4-8-26(25)37-35(36)42)30-17-13-21-6-2-5-9-27(21)38(30)32/h2-18,30-32H,19H2,1H3,(H,37,42)/t30-,31-,32+,36+/m1/s1. The van der Waals surface area contributed by atoms with Crippen molar-refractivity contribution in [1.82, 2.24) is 0 Å². The summed E-state index contributed by atoms with van der Waals surface area (Å²) in [6, 6.07) is 24.5. The number of anilines is 2. The lowest BCUT2D eigenvalue weighted by Gasteiger charge is -2.37. The first-order valence-corrected chi connectivity index (χ1v) is 14.6. The molecule has 0 saturated carbocycles. The Bertz CT molecular complexity index is 1970. The van der Waals surface area contributed by atoms with Crippen LogP contribution in [0.3, 0.4) is 0 Å². The molecule has 4 heterocycles. The molecule has 4 aliphatic heterocycles. The van der Waals surface area contributed by atoms with Crippen LogP contribution in [0.5, 0.6) is 17.2 Å². The monoisotopic (exact) mass is 598 g/mol. The van der Waals surface area contributed by atoms with Gasteiger partial charge in [0.1, 0.15) is 17.2 Å². The number of rotatable bonds is 5. The molecule has 45 heavy (non-hydrogen) atoms. The third-order valence-corrected chi connectivity index (χ3v) is 9.15. The first kappa shape index (κ1) is 26.9. The quantitative estimate of drug-likeness (QED) is 0.190. The van der Waals surface area contributed by atoms with E-state index >= 15 is 4.79 Å². The van der Waals surface area contributed by atoms with E-state index in [9.17, 15) is 14.4 Å². The van der Waals surface area contributed by atoms with Gasteiger partial charge in [0.25, 0.3) is 0 Å². The number of ketones is 2. The molecule has 1 amide bonds. The summed E-state index contributed by atoms with van der Waals surface area (Å²) in [6.07, 6.45) is 3.89. The van der Waals surface area contributed by atoms with Crippen molar-refractivity contribution in [1.29, 1.82) is 0 Å². The van der Waals surface area contributed by atoms with Crippen LogP contribution in [0.15, 0.2) is 97.1 Å². The second kappa shape index (κ2) is 9.92. The molecule has 222 valence electrons. The van der Waals surface area contributed by atoms with E-state index in [4.69, 9.17) is 14.2 Å². The van der Waals surface area contributed by atoms with Crippen LogP contribution in [0.4, 0.5) is 11.4 Å². The lowest BCUT2D eigenvalue weighted by Crippen LogP contribution is -2.51. The number of hydrogen-bond acceptors (Lipinski definition) is 8. The predicted molar refractivity (Wildman–Crippen MR) is 165 cm³/mol. The first-order chi connectivity index (χ1) is 21.9. The fraction of sp³-hybridized carbons (Fsp3) is 0.167. The summed E-state index contributed by atoms with van der Waals surface area (Å²) < 4.78 is 16.3. The molecule has 1 N–H and O–H groups in total. The lowest BCUT2D eigenvalue weighted by molar-refractivity contribution is -0.131. The number of amides is 1. The fourth-order valence-electron chi connectivity index (χ4n) is 7.37. The van der Waals surface area contributed by atoms with E-state index in [-0.39, 0.29) is 24.3 Å². The topological polar surface area (TPSA) is 111 Å². The Labute approximate surface area is 258 Å². The van der Waals surface area contributed by atoms with Crippen LogP contribution in [0.1, 0.15) is 38.8 Å². The number of esters is 1. The Hall–Kier alpha value is -5.70. The minimum Gasteiger partial charge on any atom is -0.454 e. The number of carbonyl (C=O) groups excluding carboxylic acids is 4. The summed E-state index contributed by atoms with van der Waals surface area (Å²) in [5, 5.41) is 3.03. The number of hydrogen-bond donors (Lipinski definition) is 1. The minimum atomic E-state index is -1.44. The van der Waals surface area contributed by atoms with Crippen LogP contribution in [0.2, 0.25) is 0 Å². The number of ether oxygens (including phenoxy) is 3. The third kappa shape index (κ3) is 3.86. The molecule has 0 bridgehead atoms. The summed E-state index contributed by atoms with van der Waals surface area (Å²) in [6.45, 7) is 1.34. The number of benzene rings is 4. The zero-order valence-electron chi connectivity index (χ0n) is 24.1. The van der Waals surface area contributed by atoms with Crippen molar-refractivity contribution >= 4 is 40.9 Å². The van der Waals surface area contributed by atoms with Crippen LogP contribution in [-0.4, -0.2) is 42.3 Å². The zero-order chi connectivity index (χ0) is 30.9. The van der Waals surface area contributed by atoms with Crippen LogP contribution in [0.25, 0.3) is 6.08 Å². The van der Waals surface area contributed by atoms with Gasteiger partial charge in [-0.1, -0.05) is 48.6 Å². The minimum absolute atomic E-state index is 0.0397. The van der Waals surface area contributed by atoms with E-state index in [2.05, 4.69) is 5.32 Å². The Morgan fingerprint density at radius 2 is 1.60 bits per heavy atom. The Balaban J connectivity index is 1.36. The van der Waals surface area contributed by atoms with Gasteiger partial charge in [-0.3, -0.25) is 19.2 Å². The molecule has 0 aromatic heterocycles. The Morgan fingerprint density at radius 3 is 2.42 bits per heavy atom. The summed E-state index contributed by atoms with van der Waals surface area (Å²) in [7, 11) is 0. The normalized spacial score (nSPS) is 23.3. The van der Waals surface area contributed by atoms with Crippen LogP contribution in [-0.2, 0) is 15.0 Å². The summed E-state index contributed by atoms with van der Waals surface area (Å²) in [5.41, 5.74) is 2.07. The van der Waals surface area contributed by atoms with E-state index in [1.165, 1.54) is 6.92 Å². The smallest absolute Gasteiger partial charge is 0.308 e. The summed E-state index contributed by atoms with van der Waals surface area (Å²) in [4.78, 5) is 57.8. The van der Waals surface area contributed by atoms with Gasteiger partial charge in [0.2, 0.25) is 12.7 Å². The average Bonchev–Trinajstić information content (AvgIpc) is 3.73. The van der Waals surface area contributed by atoms with Crippen molar-refractivity contribution in [2.45, 2.75) is 24.4 Å². The highest BCUT2D eigenvalue weighted by Crippen LogP contribution is 2.58. The SMILES string of the molecule is CC(=O)Oc1ccc(C(=O)[C@@H]2[C@H](C(=O)c3ccc4c(c3)OCO4)[C@@]3(C(=O)Nc4ccccc43)[C@H]3C=Cc4ccccc4N23)cc1. The van der Waals surface area contributed by atoms with Gasteiger partial charge < -0.3 is 24.4 Å². The van der Waals surface area contributed by atoms with Crippen molar-refractivity contribution in [2.75, 3.05) is 17.0 Å². The van der Waals surface area contributed by atoms with E-state index in [1.54, 1.807) is 42.5 Å². The Kier molecular flexibility index (Phi) is 5.93. The number of Topliss-reactive ketones (excluding diaryl/α,β-unsaturated/α-hetero) is 2. The fourth-order valence-corrected chi connectivity index (χ4v) is 7.37. The second-order valence-corrected chi connectivity index (χ2v) is 11.5. The van der Waals surface area contributed by atoms with Gasteiger partial charge in [0, 0.05) is 29.4 Å². The molecule has 4 atom stereocenters. The number of para-hydroxylation sites is 2. The van der Waals surface area contributed by atoms with E-state index in [1.807, 2.05) is 65.6 Å². The molecule has 4 aliphatic rings. The molecule has 0 aliphatic carbocycles. The van der Waals surface area contributed by atoms with Gasteiger partial charge in [0.15, 0.2) is 23.1 Å². The highest BCUT2D eigenvalue weighted by molar-refractivity contribution is 6.18. The van der Waals surface area contributed by atoms with Gasteiger partial charge >= 0.3 is 5.97 Å². The molecular formula is C36H26N2O7. The number of nitrogens with one attached hydrogen (secondary N) is 1. The maximum Gasteiger partial charge on any atom is 0.308 e. The average molecular weight is 599 g/mol. The summed E-state index contributed by atoms with van der Waals surface area (Å²) in [5.74, 6) is -1.43. The highest BCUT2D eigenvalue weighted by Gasteiger charge is 2.70. The molecule has 9 nitrogen and oxygen atoms in total. The highest BCUT2D eigenvalue weighted by atomic mass is 16.7. The van der Waals surface area contributed by atoms with Crippen molar-refractivity contribution in [3.63, 3.8) is 0 Å². The zero-order valence-corrected chi connectivity index (χ0v) is 24.1. The molecule has 9 heteroatoms. The van der Waals surface area contributed by atoms with Gasteiger partial charge in [-0.2, -0.15) is 0 Å². The van der Waals surface area contributed by atoms with Crippen molar-refractivity contribution < 1.29 is 33.4 Å². The molecular weight excluding hydrogens is 572 g/mol. The van der Waals surface area contributed by atoms with E-state index in [0.717, 1.165) is 11.3 Å². The van der Waals surface area contributed by atoms with E-state index < -0.39 is 29.4 Å². The Morgan fingerprint density at radius 1 is 0.867 bits per heavy atom. The molecule has 1 spiro atoms. The predicted octanol–water partition coefficient (Wildman–Crippen LogP) is 5.20. The molecule has 4 aromatic rings. The number of fused-ring (bicyclic) bond motifs is 7. The first-order valence-electron chi connectivity index (χ1n) is 14.6. The van der Waals surface area contributed by atoms with Crippen molar-refractivity contribution in [3.8, 4) is 17.2 Å². The molecule has 8 rings (SSSR count). The van der Waals surface area contributed by atoms with Gasteiger partial charge in [-0.15, -0.1) is 0 Å². The van der Waals surface area contributed by atoms with Crippen LogP contribution >= 0.6 is 0 Å². The molecule has 0 unspecified atom stereocenters. The molecule has 4 aromatic carbocycles. The number of nitrogens with zero attached hydrogens (tertiary/aromatic N) is 1. The number of carbonyl (C=O) groups is 4. The largest absolute Gasteiger partial charge is 0.454 e. The molecule has 1 saturated heterocycles. The van der Waals surface area contributed by atoms with Crippen LogP contribution in [0, 0.1) is 5.92 Å². The lowest BCUT2D eigenvalue weighted by atomic mass is 9.64. The van der Waals surface area contributed by atoms with Crippen LogP contribution < -0.4 is 24.4 Å². The summed E-state index contributed by atoms with van der Waals surface area (Å²) >= 11 is 0. The maximum absolute atomic E-state index is 15.0. The third-order valence-electron chi connectivity index (χ3n) is 9.15. The molecule has 0 radical (unpaired) electrons. The van der Waals surface area contributed by atoms with Crippen molar-refractivity contribution in [3.05, 3.63) is 119 Å².